The number of pyridine rings is 2. The molecule has 36 heteroatoms. The number of alkyl halides is 16. The first-order chi connectivity index (χ1) is 43.0. The minimum Gasteiger partial charge on any atom is -0.480 e. The number of carbonyl (C=O) groups is 4. The van der Waals surface area contributed by atoms with Crippen molar-refractivity contribution in [1.29, 1.82) is 0 Å². The van der Waals surface area contributed by atoms with E-state index in [1.165, 1.54) is 85.2 Å². The van der Waals surface area contributed by atoms with Crippen LogP contribution in [0.25, 0.3) is 22.5 Å². The zero-order valence-corrected chi connectivity index (χ0v) is 50.2. The average Bonchev–Trinajstić information content (AvgIpc) is 1.53. The average molecular weight is 1390 g/mol. The van der Waals surface area contributed by atoms with Crippen LogP contribution in [0.15, 0.2) is 95.0 Å². The number of aliphatic carboxylic acids is 3. The summed E-state index contributed by atoms with van der Waals surface area (Å²) in [5, 5.41) is 24.2. The van der Waals surface area contributed by atoms with E-state index in [4.69, 9.17) is 29.4 Å². The molecule has 93 heavy (non-hydrogen) atoms. The van der Waals surface area contributed by atoms with Gasteiger partial charge in [0, 0.05) is 87.7 Å². The van der Waals surface area contributed by atoms with E-state index in [9.17, 15) is 102 Å². The standard InChI is InChI=1S/C29H34F5N3O5S.C24H25F5N2O4S.2C2HF3O2/c30-28(31,29(32,33)34)13-12-20-4-11-24(35-19-20)21-5-9-23(10-6-21)43(39,40)27(14-16-37(17-15-27)22-7-8-22)26(38)36-42-25-3-1-2-18-41-25;25-23(26,24(27,28)29)10-9-16-1-8-20(30-15-16)17-2-6-19(7-3-17)36(34,35)22(21(32)33)11-13-31(14-12-22)18-4-5-18;2*3-2(4,5)1(6)7/h4-6,9-11,19,22,25H,1-3,7-8,12-18H2,(H,36,38);1-3,6-8,15,18H,4-5,9-14H2,(H,32,33);2*(H,6,7). The van der Waals surface area contributed by atoms with Gasteiger partial charge in [0.2, 0.25) is 0 Å². The number of hydrogen-bond acceptors (Lipinski definition) is 14. The SMILES string of the molecule is O=C(NOC1CCCCO1)C1(S(=O)(=O)c2ccc(-c3ccc(CCC(F)(F)C(F)(F)F)cn3)cc2)CCN(C2CC2)CC1.O=C(O)C(F)(F)F.O=C(O)C(F)(F)F.O=C(O)C1(S(=O)(=O)c2ccc(-c3ccc(CCC(F)(F)C(F)(F)F)cn3)cc2)CCN(C2CC2)CC1. The quantitative estimate of drug-likeness (QED) is 0.0533. The number of carboxylic acid groups (broad SMARTS) is 3. The molecule has 3 aliphatic heterocycles. The number of carbonyl (C=O) groups excluding carboxylic acids is 1. The second-order valence-electron chi connectivity index (χ2n) is 22.3. The molecule has 4 N–H and O–H groups in total. The van der Waals surface area contributed by atoms with Gasteiger partial charge in [0.05, 0.1) is 21.2 Å². The summed E-state index contributed by atoms with van der Waals surface area (Å²) in [5.41, 5.74) is 4.51. The highest BCUT2D eigenvalue weighted by atomic mass is 32.2. The van der Waals surface area contributed by atoms with Crippen LogP contribution in [0.4, 0.5) is 70.2 Å². The van der Waals surface area contributed by atoms with E-state index in [1.807, 2.05) is 0 Å². The Morgan fingerprint density at radius 1 is 0.527 bits per heavy atom. The van der Waals surface area contributed by atoms with Crippen LogP contribution in [0.5, 0.6) is 0 Å². The topological polar surface area (TPSA) is 260 Å². The Balaban J connectivity index is 0.000000247. The van der Waals surface area contributed by atoms with Crippen molar-refractivity contribution in [2.24, 2.45) is 0 Å². The van der Waals surface area contributed by atoms with Crippen molar-refractivity contribution in [3.05, 3.63) is 96.3 Å². The van der Waals surface area contributed by atoms with E-state index in [-0.39, 0.29) is 46.6 Å². The van der Waals surface area contributed by atoms with Crippen LogP contribution in [0.1, 0.15) is 94.6 Å². The maximum Gasteiger partial charge on any atom is 0.490 e. The first-order valence-electron chi connectivity index (χ1n) is 28.4. The summed E-state index contributed by atoms with van der Waals surface area (Å²) in [4.78, 5) is 61.4. The van der Waals surface area contributed by atoms with Gasteiger partial charge in [0.1, 0.15) is 0 Å². The number of carboxylic acids is 3. The number of likely N-dealkylation sites (tertiary alicyclic amines) is 2. The highest BCUT2D eigenvalue weighted by Gasteiger charge is 2.59. The number of nitrogens with one attached hydrogen (secondary N) is 1. The maximum atomic E-state index is 14.1. The molecule has 2 aromatic heterocycles. The van der Waals surface area contributed by atoms with E-state index < -0.39 is 122 Å². The van der Waals surface area contributed by atoms with Crippen LogP contribution in [0, 0.1) is 0 Å². The van der Waals surface area contributed by atoms with Crippen LogP contribution in [0.2, 0.25) is 0 Å². The Morgan fingerprint density at radius 2 is 0.882 bits per heavy atom. The number of hydroxylamine groups is 1. The van der Waals surface area contributed by atoms with Gasteiger partial charge in [0.15, 0.2) is 35.5 Å². The first-order valence-corrected chi connectivity index (χ1v) is 31.3. The molecule has 2 aliphatic carbocycles. The third-order valence-electron chi connectivity index (χ3n) is 15.9. The summed E-state index contributed by atoms with van der Waals surface area (Å²) in [6.45, 7) is 2.22. The number of sulfone groups is 2. The van der Waals surface area contributed by atoms with Gasteiger partial charge in [-0.15, -0.1) is 0 Å². The summed E-state index contributed by atoms with van der Waals surface area (Å²) in [7, 11) is -8.39. The van der Waals surface area contributed by atoms with Crippen molar-refractivity contribution in [3.8, 4) is 22.5 Å². The van der Waals surface area contributed by atoms with Crippen molar-refractivity contribution >= 4 is 43.5 Å². The molecule has 1 atom stereocenters. The number of amides is 1. The number of piperidine rings is 2. The highest BCUT2D eigenvalue weighted by Crippen LogP contribution is 2.44. The third kappa shape index (κ3) is 19.0. The van der Waals surface area contributed by atoms with Gasteiger partial charge >= 0.3 is 54.5 Å². The Labute approximate surface area is 520 Å². The molecule has 4 aromatic rings. The van der Waals surface area contributed by atoms with Crippen LogP contribution in [-0.4, -0.2) is 173 Å². The first kappa shape index (κ1) is 75.3. The fourth-order valence-electron chi connectivity index (χ4n) is 10.0. The van der Waals surface area contributed by atoms with E-state index in [2.05, 4.69) is 25.2 Å². The lowest BCUT2D eigenvalue weighted by molar-refractivity contribution is -0.284. The fourth-order valence-corrected chi connectivity index (χ4v) is 13.9. The Morgan fingerprint density at radius 3 is 1.17 bits per heavy atom. The van der Waals surface area contributed by atoms with Gasteiger partial charge < -0.3 is 29.9 Å². The number of halogens is 16. The predicted octanol–water partition coefficient (Wildman–Crippen LogP) is 11.2. The van der Waals surface area contributed by atoms with Gasteiger partial charge in [-0.3, -0.25) is 19.6 Å². The van der Waals surface area contributed by atoms with Crippen LogP contribution in [-0.2, 0) is 61.3 Å². The van der Waals surface area contributed by atoms with Gasteiger partial charge in [-0.1, -0.05) is 36.4 Å². The van der Waals surface area contributed by atoms with Crippen molar-refractivity contribution in [2.45, 2.75) is 171 Å². The molecule has 0 radical (unpaired) electrons. The lowest BCUT2D eigenvalue weighted by atomic mass is 9.94. The molecule has 0 spiro atoms. The largest absolute Gasteiger partial charge is 0.490 e. The van der Waals surface area contributed by atoms with Crippen molar-refractivity contribution < 1.29 is 131 Å². The molecule has 5 heterocycles. The van der Waals surface area contributed by atoms with Crippen LogP contribution in [0.3, 0.4) is 0 Å². The Bertz CT molecular complexity index is 3400. The smallest absolute Gasteiger partial charge is 0.480 e. The van der Waals surface area contributed by atoms with Gasteiger partial charge in [0.25, 0.3) is 5.91 Å². The minimum atomic E-state index is -5.62. The zero-order chi connectivity index (χ0) is 69.4. The molecule has 5 aliphatic rings. The summed E-state index contributed by atoms with van der Waals surface area (Å²) >= 11 is 0. The molecule has 2 aromatic carbocycles. The van der Waals surface area contributed by atoms with Crippen LogP contribution < -0.4 is 5.48 Å². The second-order valence-corrected chi connectivity index (χ2v) is 26.9. The summed E-state index contributed by atoms with van der Waals surface area (Å²) in [6, 6.07) is 17.9. The number of hydrogen-bond donors (Lipinski definition) is 4. The number of nitrogens with zero attached hydrogens (tertiary/aromatic N) is 4. The number of benzene rings is 2. The summed E-state index contributed by atoms with van der Waals surface area (Å²) in [6.07, 6.45) is -16.7. The summed E-state index contributed by atoms with van der Waals surface area (Å²) < 4.78 is 247. The number of aryl methyl sites for hydroxylation is 2. The molecule has 9 rings (SSSR count). The molecule has 2 saturated carbocycles. The van der Waals surface area contributed by atoms with E-state index in [0.717, 1.165) is 38.5 Å². The van der Waals surface area contributed by atoms with Gasteiger partial charge in [-0.25, -0.2) is 36.7 Å². The molecule has 18 nitrogen and oxygen atoms in total. The number of rotatable bonds is 18. The highest BCUT2D eigenvalue weighted by molar-refractivity contribution is 7.94. The minimum absolute atomic E-state index is 0.000674. The van der Waals surface area contributed by atoms with E-state index >= 15 is 0 Å². The molecular formula is C57H61F16N5O13S2. The normalized spacial score (nSPS) is 19.2. The molecule has 1 amide bonds. The van der Waals surface area contributed by atoms with Crippen molar-refractivity contribution in [2.75, 3.05) is 32.8 Å². The Kier molecular flexibility index (Phi) is 23.9. The predicted molar refractivity (Wildman–Crippen MR) is 293 cm³/mol. The number of ether oxygens (including phenoxy) is 1. The fraction of sp³-hybridized carbons (Fsp3) is 0.544. The van der Waals surface area contributed by atoms with E-state index in [1.54, 1.807) is 0 Å². The maximum absolute atomic E-state index is 14.1. The molecule has 3 saturated heterocycles. The molecule has 516 valence electrons. The molecule has 1 unspecified atom stereocenters. The monoisotopic (exact) mass is 1390 g/mol. The second kappa shape index (κ2) is 29.5. The third-order valence-corrected chi connectivity index (χ3v) is 21.0. The van der Waals surface area contributed by atoms with Gasteiger partial charge in [-0.2, -0.15) is 70.2 Å². The Hall–Kier alpha value is -6.76. The van der Waals surface area contributed by atoms with Crippen molar-refractivity contribution in [3.63, 3.8) is 0 Å². The lowest BCUT2D eigenvalue weighted by Crippen LogP contribution is -2.58. The molecule has 5 fully saturated rings. The van der Waals surface area contributed by atoms with Crippen LogP contribution >= 0.6 is 0 Å². The van der Waals surface area contributed by atoms with Crippen molar-refractivity contribution in [1.82, 2.24) is 25.2 Å². The molecule has 0 bridgehead atoms. The zero-order valence-electron chi connectivity index (χ0n) is 48.5. The van der Waals surface area contributed by atoms with Gasteiger partial charge in [-0.05, 0) is 125 Å². The van der Waals surface area contributed by atoms with E-state index in [0.29, 0.717) is 73.8 Å². The molecular weight excluding hydrogens is 1330 g/mol. The number of aromatic nitrogens is 2. The summed E-state index contributed by atoms with van der Waals surface area (Å²) in [5.74, 6) is -17.2. The lowest BCUT2D eigenvalue weighted by Gasteiger charge is -2.40.